The van der Waals surface area contributed by atoms with Crippen LogP contribution >= 0.6 is 0 Å². The summed E-state index contributed by atoms with van der Waals surface area (Å²) < 4.78 is 5.56. The highest BCUT2D eigenvalue weighted by Gasteiger charge is 2.63. The van der Waals surface area contributed by atoms with Gasteiger partial charge in [-0.15, -0.1) is 0 Å². The Hall–Kier alpha value is -0.870. The van der Waals surface area contributed by atoms with Crippen LogP contribution in [0, 0.1) is 40.4 Å². The normalized spacial score (nSPS) is 50.2. The molecular weight excluding hydrogens is 352 g/mol. The number of rotatable bonds is 3. The SMILES string of the molecule is C=C(CO)[C@H]1CC[C@H]2[C@@H]3CC[C@@H]4C[C@@H](OC(C)=O)CC[C@]4(C)[C@H]3C[C@H](O)[C@]12C. The number of ether oxygens (including phenoxy) is 1. The summed E-state index contributed by atoms with van der Waals surface area (Å²) >= 11 is 0. The van der Waals surface area contributed by atoms with Crippen molar-refractivity contribution in [2.75, 3.05) is 6.61 Å². The summed E-state index contributed by atoms with van der Waals surface area (Å²) in [6, 6.07) is 0. The van der Waals surface area contributed by atoms with Crippen molar-refractivity contribution in [3.05, 3.63) is 12.2 Å². The first kappa shape index (κ1) is 20.4. The highest BCUT2D eigenvalue weighted by atomic mass is 16.5. The average molecular weight is 391 g/mol. The molecule has 0 amide bonds. The molecule has 158 valence electrons. The zero-order valence-electron chi connectivity index (χ0n) is 17.8. The zero-order valence-corrected chi connectivity index (χ0v) is 17.8. The lowest BCUT2D eigenvalue weighted by atomic mass is 9.44. The summed E-state index contributed by atoms with van der Waals surface area (Å²) in [6.45, 7) is 10.4. The minimum Gasteiger partial charge on any atom is -0.463 e. The van der Waals surface area contributed by atoms with Crippen molar-refractivity contribution in [1.82, 2.24) is 0 Å². The minimum atomic E-state index is -0.323. The quantitative estimate of drug-likeness (QED) is 0.562. The third-order valence-electron chi connectivity index (χ3n) is 9.75. The van der Waals surface area contributed by atoms with E-state index in [9.17, 15) is 15.0 Å². The molecule has 0 aliphatic heterocycles. The maximum Gasteiger partial charge on any atom is 0.302 e. The number of carbonyl (C=O) groups excluding carboxylic acids is 1. The maximum atomic E-state index is 11.4. The Labute approximate surface area is 169 Å². The van der Waals surface area contributed by atoms with E-state index < -0.39 is 0 Å². The van der Waals surface area contributed by atoms with Crippen LogP contribution in [0.3, 0.4) is 0 Å². The molecule has 4 nitrogen and oxygen atoms in total. The molecule has 2 N–H and O–H groups in total. The van der Waals surface area contributed by atoms with Gasteiger partial charge in [0.1, 0.15) is 6.10 Å². The van der Waals surface area contributed by atoms with Crippen molar-refractivity contribution < 1.29 is 19.7 Å². The van der Waals surface area contributed by atoms with Crippen LogP contribution in [0.25, 0.3) is 0 Å². The number of esters is 1. The van der Waals surface area contributed by atoms with Crippen molar-refractivity contribution >= 4 is 5.97 Å². The van der Waals surface area contributed by atoms with Gasteiger partial charge in [0.05, 0.1) is 12.7 Å². The number of fused-ring (bicyclic) bond motifs is 5. The highest BCUT2D eigenvalue weighted by molar-refractivity contribution is 5.66. The van der Waals surface area contributed by atoms with Crippen molar-refractivity contribution in [3.8, 4) is 0 Å². The maximum absolute atomic E-state index is 11.4. The molecule has 4 saturated carbocycles. The molecule has 28 heavy (non-hydrogen) atoms. The molecule has 0 bridgehead atoms. The van der Waals surface area contributed by atoms with Crippen LogP contribution in [0.15, 0.2) is 12.2 Å². The molecule has 0 saturated heterocycles. The Morgan fingerprint density at radius 1 is 1.11 bits per heavy atom. The Bertz CT molecular complexity index is 645. The number of aliphatic hydroxyl groups is 2. The van der Waals surface area contributed by atoms with E-state index in [1.165, 1.54) is 19.8 Å². The predicted molar refractivity (Wildman–Crippen MR) is 108 cm³/mol. The second kappa shape index (κ2) is 7.12. The molecule has 4 fully saturated rings. The molecule has 4 heteroatoms. The van der Waals surface area contributed by atoms with Gasteiger partial charge >= 0.3 is 5.97 Å². The topological polar surface area (TPSA) is 66.8 Å². The fourth-order valence-corrected chi connectivity index (χ4v) is 8.30. The van der Waals surface area contributed by atoms with E-state index in [0.717, 1.165) is 44.1 Å². The second-order valence-corrected chi connectivity index (χ2v) is 10.7. The molecule has 0 aromatic carbocycles. The van der Waals surface area contributed by atoms with Crippen LogP contribution in [0.1, 0.15) is 72.1 Å². The second-order valence-electron chi connectivity index (χ2n) is 10.7. The van der Waals surface area contributed by atoms with E-state index in [4.69, 9.17) is 4.74 Å². The molecule has 4 aliphatic rings. The van der Waals surface area contributed by atoms with Crippen LogP contribution in [0.5, 0.6) is 0 Å². The van der Waals surface area contributed by atoms with Crippen molar-refractivity contribution in [2.24, 2.45) is 40.4 Å². The molecular formula is C24H38O4. The van der Waals surface area contributed by atoms with Crippen LogP contribution in [0.4, 0.5) is 0 Å². The molecule has 4 rings (SSSR count). The van der Waals surface area contributed by atoms with Crippen LogP contribution in [0.2, 0.25) is 0 Å². The van der Waals surface area contributed by atoms with Crippen molar-refractivity contribution in [1.29, 1.82) is 0 Å². The third-order valence-corrected chi connectivity index (χ3v) is 9.75. The summed E-state index contributed by atoms with van der Waals surface area (Å²) in [5.74, 6) is 2.41. The lowest BCUT2D eigenvalue weighted by molar-refractivity contribution is -0.176. The third kappa shape index (κ3) is 2.89. The molecule has 9 atom stereocenters. The number of hydrogen-bond acceptors (Lipinski definition) is 4. The van der Waals surface area contributed by atoms with Gasteiger partial charge in [-0.3, -0.25) is 4.79 Å². The first-order valence-electron chi connectivity index (χ1n) is 11.4. The van der Waals surface area contributed by atoms with Gasteiger partial charge in [-0.05, 0) is 91.9 Å². The monoisotopic (exact) mass is 390 g/mol. The average Bonchev–Trinajstić information content (AvgIpc) is 3.01. The van der Waals surface area contributed by atoms with E-state index in [0.29, 0.717) is 23.7 Å². The largest absolute Gasteiger partial charge is 0.463 e. The molecule has 0 aromatic rings. The van der Waals surface area contributed by atoms with Gasteiger partial charge in [-0.25, -0.2) is 0 Å². The van der Waals surface area contributed by atoms with Crippen molar-refractivity contribution in [3.63, 3.8) is 0 Å². The number of carbonyl (C=O) groups is 1. The summed E-state index contributed by atoms with van der Waals surface area (Å²) in [4.78, 5) is 11.4. The Kier molecular flexibility index (Phi) is 5.19. The Morgan fingerprint density at radius 3 is 2.54 bits per heavy atom. The number of hydrogen-bond donors (Lipinski definition) is 2. The zero-order chi connectivity index (χ0) is 20.3. The molecule has 0 radical (unpaired) electrons. The molecule has 0 heterocycles. The van der Waals surface area contributed by atoms with Crippen LogP contribution in [-0.2, 0) is 9.53 Å². The predicted octanol–water partition coefficient (Wildman–Crippen LogP) is 4.10. The van der Waals surface area contributed by atoms with Gasteiger partial charge in [0.2, 0.25) is 0 Å². The Balaban J connectivity index is 1.57. The van der Waals surface area contributed by atoms with Crippen LogP contribution < -0.4 is 0 Å². The molecule has 0 unspecified atom stereocenters. The van der Waals surface area contributed by atoms with Gasteiger partial charge < -0.3 is 14.9 Å². The van der Waals surface area contributed by atoms with E-state index in [2.05, 4.69) is 20.4 Å². The van der Waals surface area contributed by atoms with Crippen LogP contribution in [-0.4, -0.2) is 35.0 Å². The highest BCUT2D eigenvalue weighted by Crippen LogP contribution is 2.68. The van der Waals surface area contributed by atoms with Gasteiger partial charge in [0, 0.05) is 12.3 Å². The lowest BCUT2D eigenvalue weighted by Gasteiger charge is -2.62. The summed E-state index contributed by atoms with van der Waals surface area (Å²) in [7, 11) is 0. The smallest absolute Gasteiger partial charge is 0.302 e. The summed E-state index contributed by atoms with van der Waals surface area (Å²) in [5.41, 5.74) is 1.01. The molecule has 0 spiro atoms. The minimum absolute atomic E-state index is 0.0329. The number of aliphatic hydroxyl groups excluding tert-OH is 2. The van der Waals surface area contributed by atoms with E-state index >= 15 is 0 Å². The van der Waals surface area contributed by atoms with E-state index in [-0.39, 0.29) is 41.5 Å². The first-order valence-corrected chi connectivity index (χ1v) is 11.4. The van der Waals surface area contributed by atoms with E-state index in [1.54, 1.807) is 0 Å². The van der Waals surface area contributed by atoms with Gasteiger partial charge in [0.15, 0.2) is 0 Å². The molecule has 0 aromatic heterocycles. The Morgan fingerprint density at radius 2 is 1.86 bits per heavy atom. The van der Waals surface area contributed by atoms with Gasteiger partial charge in [-0.2, -0.15) is 0 Å². The van der Waals surface area contributed by atoms with Gasteiger partial charge in [-0.1, -0.05) is 20.4 Å². The first-order chi connectivity index (χ1) is 13.2. The van der Waals surface area contributed by atoms with E-state index in [1.807, 2.05) is 0 Å². The lowest BCUT2D eigenvalue weighted by Crippen LogP contribution is -2.58. The summed E-state index contributed by atoms with van der Waals surface area (Å²) in [6.07, 6.45) is 8.31. The molecule has 4 aliphatic carbocycles. The fraction of sp³-hybridized carbons (Fsp3) is 0.875. The van der Waals surface area contributed by atoms with Crippen molar-refractivity contribution in [2.45, 2.75) is 84.3 Å². The fourth-order valence-electron chi connectivity index (χ4n) is 8.30. The summed E-state index contributed by atoms with van der Waals surface area (Å²) in [5, 5.41) is 21.1. The van der Waals surface area contributed by atoms with Gasteiger partial charge in [0.25, 0.3) is 0 Å². The standard InChI is InChI=1S/C24H38O4/c1-14(13-25)19-7-8-20-18-6-5-16-11-17(28-15(2)26)9-10-23(16,3)21(18)12-22(27)24(19,20)4/h16-22,25,27H,1,5-13H2,2-4H3/t16-,17+,18+,19-,20+,21+,22+,23+,24-/m1/s1.